The number of nitrogens with one attached hydrogen (secondary N) is 1. The van der Waals surface area contributed by atoms with Crippen molar-refractivity contribution in [1.82, 2.24) is 20.1 Å². The van der Waals surface area contributed by atoms with Gasteiger partial charge in [0.1, 0.15) is 0 Å². The molecule has 1 aromatic carbocycles. The number of hydrogen-bond donors (Lipinski definition) is 1. The van der Waals surface area contributed by atoms with Crippen LogP contribution in [0.2, 0.25) is 0 Å². The van der Waals surface area contributed by atoms with Crippen molar-refractivity contribution in [2.45, 2.75) is 43.0 Å². The van der Waals surface area contributed by atoms with Crippen LogP contribution in [0.25, 0.3) is 11.4 Å². The molecule has 7 heteroatoms. The fraction of sp³-hybridized carbons (Fsp3) is 0.471. The number of amides is 1. The topological polar surface area (TPSA) is 61.9 Å². The first kappa shape index (κ1) is 17.5. The Morgan fingerprint density at radius 2 is 1.96 bits per heavy atom. The average molecular weight is 409 g/mol. The van der Waals surface area contributed by atoms with Crippen LogP contribution in [0.5, 0.6) is 0 Å². The van der Waals surface area contributed by atoms with E-state index in [1.54, 1.807) is 0 Å². The van der Waals surface area contributed by atoms with Crippen molar-refractivity contribution in [1.29, 1.82) is 0 Å². The molecule has 3 rings (SSSR count). The van der Waals surface area contributed by atoms with Crippen molar-refractivity contribution in [3.05, 3.63) is 28.7 Å². The Bertz CT molecular complexity index is 697. The van der Waals surface area contributed by atoms with Crippen molar-refractivity contribution in [2.24, 2.45) is 0 Å². The number of benzene rings is 1. The van der Waals surface area contributed by atoms with E-state index in [0.29, 0.717) is 11.0 Å². The third-order valence-electron chi connectivity index (χ3n) is 4.14. The van der Waals surface area contributed by atoms with Gasteiger partial charge in [0.2, 0.25) is 11.1 Å². The Kier molecular flexibility index (Phi) is 5.94. The minimum absolute atomic E-state index is 0.175. The number of aromatic amines is 1. The van der Waals surface area contributed by atoms with E-state index in [-0.39, 0.29) is 11.2 Å². The summed E-state index contributed by atoms with van der Waals surface area (Å²) in [4.78, 5) is 19.1. The third-order valence-corrected chi connectivity index (χ3v) is 5.78. The number of rotatable bonds is 4. The van der Waals surface area contributed by atoms with Crippen molar-refractivity contribution >= 4 is 33.6 Å². The standard InChI is InChI=1S/C17H21BrN4OS/c1-12(16(23)22-10-6-2-3-7-11-22)24-17-19-15(20-21-17)13-8-4-5-9-14(13)18/h4-5,8-9,12H,2-3,6-7,10-11H2,1H3,(H,19,20,21). The zero-order valence-electron chi connectivity index (χ0n) is 13.7. The molecule has 1 aliphatic heterocycles. The van der Waals surface area contributed by atoms with E-state index in [0.717, 1.165) is 36.0 Å². The predicted molar refractivity (Wildman–Crippen MR) is 99.9 cm³/mol. The van der Waals surface area contributed by atoms with Gasteiger partial charge < -0.3 is 4.90 Å². The fourth-order valence-corrected chi connectivity index (χ4v) is 4.11. The highest BCUT2D eigenvalue weighted by atomic mass is 79.9. The summed E-state index contributed by atoms with van der Waals surface area (Å²) in [5, 5.41) is 7.65. The smallest absolute Gasteiger partial charge is 0.235 e. The van der Waals surface area contributed by atoms with Crippen LogP contribution < -0.4 is 0 Å². The molecule has 128 valence electrons. The van der Waals surface area contributed by atoms with Crippen molar-refractivity contribution in [3.8, 4) is 11.4 Å². The molecule has 1 fully saturated rings. The highest BCUT2D eigenvalue weighted by Gasteiger charge is 2.23. The summed E-state index contributed by atoms with van der Waals surface area (Å²) in [6, 6.07) is 7.86. The molecule has 1 N–H and O–H groups in total. The molecular weight excluding hydrogens is 388 g/mol. The van der Waals surface area contributed by atoms with Crippen LogP contribution in [-0.4, -0.2) is 44.3 Å². The summed E-state index contributed by atoms with van der Waals surface area (Å²) in [7, 11) is 0. The van der Waals surface area contributed by atoms with Gasteiger partial charge in [0.25, 0.3) is 0 Å². The lowest BCUT2D eigenvalue weighted by Crippen LogP contribution is -2.37. The molecule has 0 radical (unpaired) electrons. The Hall–Kier alpha value is -1.34. The quantitative estimate of drug-likeness (QED) is 0.772. The summed E-state index contributed by atoms with van der Waals surface area (Å²) in [5.41, 5.74) is 0.961. The largest absolute Gasteiger partial charge is 0.342 e. The Morgan fingerprint density at radius 1 is 1.25 bits per heavy atom. The van der Waals surface area contributed by atoms with Gasteiger partial charge in [0.15, 0.2) is 5.82 Å². The average Bonchev–Trinajstić information content (AvgIpc) is 2.87. The van der Waals surface area contributed by atoms with Crippen LogP contribution in [-0.2, 0) is 4.79 Å². The molecule has 1 amide bonds. The molecule has 2 heterocycles. The van der Waals surface area contributed by atoms with Gasteiger partial charge in [-0.3, -0.25) is 9.89 Å². The lowest BCUT2D eigenvalue weighted by molar-refractivity contribution is -0.130. The molecule has 24 heavy (non-hydrogen) atoms. The van der Waals surface area contributed by atoms with Gasteiger partial charge in [-0.05, 0) is 25.8 Å². The number of likely N-dealkylation sites (tertiary alicyclic amines) is 1. The van der Waals surface area contributed by atoms with E-state index in [1.165, 1.54) is 24.6 Å². The van der Waals surface area contributed by atoms with Crippen molar-refractivity contribution < 1.29 is 4.79 Å². The molecule has 1 aliphatic rings. The summed E-state index contributed by atoms with van der Waals surface area (Å²) >= 11 is 4.93. The second kappa shape index (κ2) is 8.16. The van der Waals surface area contributed by atoms with Crippen LogP contribution in [0.3, 0.4) is 0 Å². The molecule has 1 aromatic heterocycles. The van der Waals surface area contributed by atoms with E-state index in [9.17, 15) is 4.79 Å². The molecule has 0 aliphatic carbocycles. The number of carbonyl (C=O) groups excluding carboxylic acids is 1. The lowest BCUT2D eigenvalue weighted by Gasteiger charge is -2.23. The van der Waals surface area contributed by atoms with E-state index >= 15 is 0 Å². The van der Waals surface area contributed by atoms with Crippen LogP contribution in [0, 0.1) is 0 Å². The number of H-pyrrole nitrogens is 1. The second-order valence-electron chi connectivity index (χ2n) is 5.95. The SMILES string of the molecule is CC(Sc1n[nH]c(-c2ccccc2Br)n1)C(=O)N1CCCCCC1. The van der Waals surface area contributed by atoms with Gasteiger partial charge in [-0.15, -0.1) is 5.10 Å². The summed E-state index contributed by atoms with van der Waals surface area (Å²) in [5.74, 6) is 0.897. The summed E-state index contributed by atoms with van der Waals surface area (Å²) < 4.78 is 0.964. The van der Waals surface area contributed by atoms with Gasteiger partial charge in [0, 0.05) is 23.1 Å². The first-order chi connectivity index (χ1) is 11.6. The number of carbonyl (C=O) groups is 1. The summed E-state index contributed by atoms with van der Waals surface area (Å²) in [6.07, 6.45) is 4.66. The monoisotopic (exact) mass is 408 g/mol. The number of thioether (sulfide) groups is 1. The highest BCUT2D eigenvalue weighted by Crippen LogP contribution is 2.28. The van der Waals surface area contributed by atoms with Gasteiger partial charge in [0.05, 0.1) is 5.25 Å². The van der Waals surface area contributed by atoms with Crippen LogP contribution >= 0.6 is 27.7 Å². The maximum absolute atomic E-state index is 12.6. The van der Waals surface area contributed by atoms with Crippen LogP contribution in [0.15, 0.2) is 33.9 Å². The number of nitrogens with zero attached hydrogens (tertiary/aromatic N) is 3. The summed E-state index contributed by atoms with van der Waals surface area (Å²) in [6.45, 7) is 3.69. The van der Waals surface area contributed by atoms with E-state index in [1.807, 2.05) is 36.1 Å². The minimum Gasteiger partial charge on any atom is -0.342 e. The molecule has 2 aromatic rings. The third kappa shape index (κ3) is 4.19. The van der Waals surface area contributed by atoms with Crippen LogP contribution in [0.4, 0.5) is 0 Å². The van der Waals surface area contributed by atoms with Crippen molar-refractivity contribution in [3.63, 3.8) is 0 Å². The molecule has 1 saturated heterocycles. The fourth-order valence-electron chi connectivity index (χ4n) is 2.83. The van der Waals surface area contributed by atoms with E-state index < -0.39 is 0 Å². The molecule has 0 spiro atoms. The highest BCUT2D eigenvalue weighted by molar-refractivity contribution is 9.10. The number of hydrogen-bond acceptors (Lipinski definition) is 4. The second-order valence-corrected chi connectivity index (χ2v) is 8.11. The molecule has 5 nitrogen and oxygen atoms in total. The lowest BCUT2D eigenvalue weighted by atomic mass is 10.2. The normalized spacial score (nSPS) is 16.7. The Morgan fingerprint density at radius 3 is 2.67 bits per heavy atom. The van der Waals surface area contributed by atoms with Crippen LogP contribution in [0.1, 0.15) is 32.6 Å². The van der Waals surface area contributed by atoms with Gasteiger partial charge in [-0.2, -0.15) is 0 Å². The zero-order valence-corrected chi connectivity index (χ0v) is 16.1. The molecule has 0 saturated carbocycles. The maximum atomic E-state index is 12.6. The van der Waals surface area contributed by atoms with Gasteiger partial charge >= 0.3 is 0 Å². The first-order valence-electron chi connectivity index (χ1n) is 8.28. The molecular formula is C17H21BrN4OS. The zero-order chi connectivity index (χ0) is 16.9. The number of aromatic nitrogens is 3. The number of halogens is 1. The Labute approximate surface area is 154 Å². The molecule has 1 atom stereocenters. The van der Waals surface area contributed by atoms with Gasteiger partial charge in [-0.25, -0.2) is 4.98 Å². The first-order valence-corrected chi connectivity index (χ1v) is 9.95. The van der Waals surface area contributed by atoms with E-state index in [4.69, 9.17) is 0 Å². The van der Waals surface area contributed by atoms with Crippen molar-refractivity contribution in [2.75, 3.05) is 13.1 Å². The predicted octanol–water partition coefficient (Wildman–Crippen LogP) is 4.12. The molecule has 1 unspecified atom stereocenters. The van der Waals surface area contributed by atoms with Gasteiger partial charge in [-0.1, -0.05) is 58.7 Å². The maximum Gasteiger partial charge on any atom is 0.235 e. The molecule has 0 bridgehead atoms. The Balaban J connectivity index is 1.65. The van der Waals surface area contributed by atoms with E-state index in [2.05, 4.69) is 31.1 Å². The minimum atomic E-state index is -0.175.